The molecule has 0 fully saturated rings. The highest BCUT2D eigenvalue weighted by molar-refractivity contribution is 6.06. The maximum Gasteiger partial charge on any atom is 0.335 e. The molecule has 152 valence electrons. The second kappa shape index (κ2) is 8.57. The molecule has 0 radical (unpaired) electrons. The van der Waals surface area contributed by atoms with Gasteiger partial charge in [-0.05, 0) is 48.9 Å². The van der Waals surface area contributed by atoms with Gasteiger partial charge in [-0.3, -0.25) is 4.79 Å². The molecule has 7 nitrogen and oxygen atoms in total. The minimum Gasteiger partial charge on any atom is -0.478 e. The van der Waals surface area contributed by atoms with E-state index in [0.717, 1.165) is 0 Å². The number of allylic oxidation sites excluding steroid dienone is 1. The Bertz CT molecular complexity index is 1070. The summed E-state index contributed by atoms with van der Waals surface area (Å²) in [6.45, 7) is 1.77. The lowest BCUT2D eigenvalue weighted by Crippen LogP contribution is -2.47. The number of nitrogens with zero attached hydrogens (tertiary/aromatic N) is 2. The average molecular weight is 407 g/mol. The second-order valence-corrected chi connectivity index (χ2v) is 6.95. The molecule has 1 atom stereocenters. The third kappa shape index (κ3) is 4.52. The molecule has 0 aromatic heterocycles. The zero-order chi connectivity index (χ0) is 21.7. The minimum absolute atomic E-state index is 0.0897. The van der Waals surface area contributed by atoms with Gasteiger partial charge in [0.2, 0.25) is 11.8 Å². The van der Waals surface area contributed by atoms with E-state index >= 15 is 0 Å². The summed E-state index contributed by atoms with van der Waals surface area (Å²) in [5.41, 5.74) is -0.0724. The molecule has 3 rings (SSSR count). The van der Waals surface area contributed by atoms with Crippen molar-refractivity contribution in [1.82, 2.24) is 5.32 Å². The highest BCUT2D eigenvalue weighted by Gasteiger charge is 2.43. The number of hydrogen-bond donors (Lipinski definition) is 2. The zero-order valence-electron chi connectivity index (χ0n) is 16.1. The normalized spacial score (nSPS) is 17.9. The lowest BCUT2D eigenvalue weighted by molar-refractivity contribution is -0.127. The highest BCUT2D eigenvalue weighted by atomic mass is 19.1. The number of amides is 1. The first-order valence-electron chi connectivity index (χ1n) is 9.03. The quantitative estimate of drug-likeness (QED) is 0.789. The predicted molar refractivity (Wildman–Crippen MR) is 106 cm³/mol. The molecule has 2 aromatic carbocycles. The summed E-state index contributed by atoms with van der Waals surface area (Å²) in [4.78, 5) is 28.1. The third-order valence-corrected chi connectivity index (χ3v) is 4.68. The van der Waals surface area contributed by atoms with Gasteiger partial charge >= 0.3 is 5.97 Å². The first-order chi connectivity index (χ1) is 14.3. The molecular formula is C22H18FN3O4. The summed E-state index contributed by atoms with van der Waals surface area (Å²) in [6, 6.07) is 13.4. The van der Waals surface area contributed by atoms with Crippen LogP contribution in [0.25, 0.3) is 0 Å². The molecule has 30 heavy (non-hydrogen) atoms. The number of carboxylic acids is 1. The Morgan fingerprint density at radius 3 is 2.50 bits per heavy atom. The fourth-order valence-corrected chi connectivity index (χ4v) is 2.92. The number of aliphatic imine (C=N–C) groups is 1. The Morgan fingerprint density at radius 2 is 1.90 bits per heavy atom. The predicted octanol–water partition coefficient (Wildman–Crippen LogP) is 3.44. The molecule has 0 bridgehead atoms. The number of hydrogen-bond acceptors (Lipinski definition) is 5. The van der Waals surface area contributed by atoms with Gasteiger partial charge in [-0.15, -0.1) is 0 Å². The van der Waals surface area contributed by atoms with Crippen LogP contribution in [0.3, 0.4) is 0 Å². The largest absolute Gasteiger partial charge is 0.478 e. The van der Waals surface area contributed by atoms with Gasteiger partial charge in [0, 0.05) is 24.7 Å². The van der Waals surface area contributed by atoms with Crippen molar-refractivity contribution in [1.29, 1.82) is 5.26 Å². The van der Waals surface area contributed by atoms with Crippen LogP contribution in [0.1, 0.15) is 29.3 Å². The van der Waals surface area contributed by atoms with E-state index in [9.17, 15) is 19.2 Å². The van der Waals surface area contributed by atoms with Crippen LogP contribution in [0.15, 0.2) is 65.3 Å². The number of carbonyl (C=O) groups is 2. The van der Waals surface area contributed by atoms with E-state index in [1.54, 1.807) is 19.1 Å². The molecule has 0 saturated heterocycles. The molecule has 0 unspecified atom stereocenters. The highest BCUT2D eigenvalue weighted by Crippen LogP contribution is 2.33. The molecule has 0 saturated carbocycles. The average Bonchev–Trinajstić information content (AvgIpc) is 2.75. The first kappa shape index (κ1) is 20.7. The Balaban J connectivity index is 1.77. The van der Waals surface area contributed by atoms with Crippen LogP contribution in [0, 0.1) is 22.6 Å². The third-order valence-electron chi connectivity index (χ3n) is 4.68. The molecule has 1 aliphatic rings. The maximum atomic E-state index is 13.1. The lowest BCUT2D eigenvalue weighted by atomic mass is 9.81. The van der Waals surface area contributed by atoms with Crippen molar-refractivity contribution >= 4 is 17.8 Å². The number of nitriles is 1. The number of nitrogens with one attached hydrogen (secondary N) is 1. The fraction of sp³-hybridized carbons (Fsp3) is 0.182. The second-order valence-electron chi connectivity index (χ2n) is 6.95. The molecule has 2 N–H and O–H groups in total. The van der Waals surface area contributed by atoms with Crippen molar-refractivity contribution in [2.45, 2.75) is 19.9 Å². The summed E-state index contributed by atoms with van der Waals surface area (Å²) >= 11 is 0. The van der Waals surface area contributed by atoms with Crippen LogP contribution in [0.2, 0.25) is 0 Å². The maximum absolute atomic E-state index is 13.1. The summed E-state index contributed by atoms with van der Waals surface area (Å²) in [5.74, 6) is -1.46. The number of ether oxygens (including phenoxy) is 1. The van der Waals surface area contributed by atoms with Crippen LogP contribution in [0.4, 0.5) is 4.39 Å². The molecule has 1 heterocycles. The van der Waals surface area contributed by atoms with E-state index in [0.29, 0.717) is 16.9 Å². The van der Waals surface area contributed by atoms with Crippen molar-refractivity contribution in [3.05, 3.63) is 77.2 Å². The number of aromatic carboxylic acids is 1. The number of rotatable bonds is 5. The first-order valence-corrected chi connectivity index (χ1v) is 9.03. The Morgan fingerprint density at radius 1 is 1.23 bits per heavy atom. The van der Waals surface area contributed by atoms with Crippen molar-refractivity contribution in [3.63, 3.8) is 0 Å². The zero-order valence-corrected chi connectivity index (χ0v) is 16.1. The van der Waals surface area contributed by atoms with E-state index in [2.05, 4.69) is 10.3 Å². The van der Waals surface area contributed by atoms with Crippen molar-refractivity contribution in [2.75, 3.05) is 0 Å². The van der Waals surface area contributed by atoms with Crippen LogP contribution >= 0.6 is 0 Å². The van der Waals surface area contributed by atoms with Crippen LogP contribution in [-0.2, 0) is 11.3 Å². The molecule has 2 aromatic rings. The van der Waals surface area contributed by atoms with Gasteiger partial charge in [0.1, 0.15) is 17.0 Å². The monoisotopic (exact) mass is 407 g/mol. The van der Waals surface area contributed by atoms with Crippen molar-refractivity contribution in [3.8, 4) is 11.8 Å². The molecule has 1 aliphatic heterocycles. The Labute approximate surface area is 172 Å². The molecule has 0 aliphatic carbocycles. The molecule has 0 spiro atoms. The summed E-state index contributed by atoms with van der Waals surface area (Å²) in [6.07, 6.45) is 1.44. The number of carboxylic acid groups (broad SMARTS) is 1. The number of halogens is 1. The van der Waals surface area contributed by atoms with Gasteiger partial charge in [0.15, 0.2) is 0 Å². The van der Waals surface area contributed by atoms with Gasteiger partial charge in [-0.1, -0.05) is 12.1 Å². The SMILES string of the molecule is C[C@@]1(C(=O)NCc2ccc(C(=O)O)cc2)CC(C#N)=CN=C1Oc1ccc(F)cc1. The van der Waals surface area contributed by atoms with E-state index in [4.69, 9.17) is 9.84 Å². The topological polar surface area (TPSA) is 112 Å². The van der Waals surface area contributed by atoms with E-state index < -0.39 is 23.1 Å². The van der Waals surface area contributed by atoms with Crippen LogP contribution in [0.5, 0.6) is 5.75 Å². The van der Waals surface area contributed by atoms with Crippen molar-refractivity contribution in [2.24, 2.45) is 10.4 Å². The van der Waals surface area contributed by atoms with Gasteiger partial charge in [0.05, 0.1) is 11.6 Å². The smallest absolute Gasteiger partial charge is 0.335 e. The van der Waals surface area contributed by atoms with Crippen LogP contribution in [-0.4, -0.2) is 22.9 Å². The van der Waals surface area contributed by atoms with Gasteiger partial charge < -0.3 is 15.2 Å². The standard InChI is InChI=1S/C22H18FN3O4/c1-22(20(29)25-12-14-2-4-16(5-3-14)19(27)28)10-15(11-24)13-26-21(22)30-18-8-6-17(23)7-9-18/h2-9,13H,10,12H2,1H3,(H,25,29)(H,27,28)/t22-/m0/s1. The van der Waals surface area contributed by atoms with E-state index in [-0.39, 0.29) is 24.4 Å². The fourth-order valence-electron chi connectivity index (χ4n) is 2.92. The molecule has 8 heteroatoms. The van der Waals surface area contributed by atoms with Gasteiger partial charge in [-0.2, -0.15) is 5.26 Å². The lowest BCUT2D eigenvalue weighted by Gasteiger charge is -2.31. The summed E-state index contributed by atoms with van der Waals surface area (Å²) in [7, 11) is 0. The van der Waals surface area contributed by atoms with Crippen LogP contribution < -0.4 is 10.1 Å². The number of carbonyl (C=O) groups excluding carboxylic acids is 1. The van der Waals surface area contributed by atoms with E-state index in [1.165, 1.54) is 42.6 Å². The van der Waals surface area contributed by atoms with Crippen molar-refractivity contribution < 1.29 is 23.8 Å². The van der Waals surface area contributed by atoms with Gasteiger partial charge in [0.25, 0.3) is 0 Å². The molecule has 1 amide bonds. The van der Waals surface area contributed by atoms with E-state index in [1.807, 2.05) is 6.07 Å². The summed E-state index contributed by atoms with van der Waals surface area (Å²) < 4.78 is 18.9. The van der Waals surface area contributed by atoms with Gasteiger partial charge in [-0.25, -0.2) is 14.2 Å². The minimum atomic E-state index is -1.25. The summed E-state index contributed by atoms with van der Waals surface area (Å²) in [5, 5.41) is 21.0. The molecular weight excluding hydrogens is 389 g/mol. The Hall–Kier alpha value is -3.99. The Kier molecular flexibility index (Phi) is 5.93. The number of benzene rings is 2.